The van der Waals surface area contributed by atoms with E-state index in [-0.39, 0.29) is 36.5 Å². The third-order valence-corrected chi connectivity index (χ3v) is 7.92. The van der Waals surface area contributed by atoms with E-state index in [0.29, 0.717) is 5.69 Å². The fraction of sp³-hybridized carbons (Fsp3) is 0.385. The van der Waals surface area contributed by atoms with E-state index in [1.54, 1.807) is 12.1 Å². The van der Waals surface area contributed by atoms with E-state index in [9.17, 15) is 18.0 Å². The monoisotopic (exact) mass is 499 g/mol. The van der Waals surface area contributed by atoms with E-state index >= 15 is 0 Å². The van der Waals surface area contributed by atoms with Crippen LogP contribution in [0.3, 0.4) is 0 Å². The molecule has 9 heteroatoms. The lowest BCUT2D eigenvalue weighted by molar-refractivity contribution is -0.120. The summed E-state index contributed by atoms with van der Waals surface area (Å²) in [5, 5.41) is 5.57. The van der Waals surface area contributed by atoms with Crippen LogP contribution in [0.1, 0.15) is 33.3 Å². The van der Waals surface area contributed by atoms with Crippen LogP contribution < -0.4 is 10.6 Å². The number of benzene rings is 2. The molecule has 2 aromatic carbocycles. The van der Waals surface area contributed by atoms with Gasteiger partial charge in [0.2, 0.25) is 15.9 Å². The van der Waals surface area contributed by atoms with Gasteiger partial charge in [0, 0.05) is 24.8 Å². The lowest BCUT2D eigenvalue weighted by Gasteiger charge is -2.52. The number of carbonyl (C=O) groups is 2. The Hall–Kier alpha value is -3.17. The van der Waals surface area contributed by atoms with Crippen molar-refractivity contribution in [3.8, 4) is 0 Å². The van der Waals surface area contributed by atoms with Crippen LogP contribution in [-0.4, -0.2) is 43.9 Å². The predicted molar refractivity (Wildman–Crippen MR) is 135 cm³/mol. The summed E-state index contributed by atoms with van der Waals surface area (Å²) in [6.07, 6.45) is 0.544. The molecule has 2 amide bonds. The van der Waals surface area contributed by atoms with Gasteiger partial charge in [0.1, 0.15) is 6.61 Å². The summed E-state index contributed by atoms with van der Waals surface area (Å²) in [6.45, 7) is 11.8. The Morgan fingerprint density at radius 1 is 1.06 bits per heavy atom. The van der Waals surface area contributed by atoms with Crippen LogP contribution in [0.5, 0.6) is 0 Å². The Kier molecular flexibility index (Phi) is 7.71. The average molecular weight is 500 g/mol. The third kappa shape index (κ3) is 6.29. The molecule has 1 aliphatic heterocycles. The van der Waals surface area contributed by atoms with Gasteiger partial charge in [0.05, 0.1) is 4.90 Å². The van der Waals surface area contributed by atoms with Gasteiger partial charge >= 0.3 is 6.09 Å². The van der Waals surface area contributed by atoms with Crippen molar-refractivity contribution in [1.82, 2.24) is 9.62 Å². The highest BCUT2D eigenvalue weighted by molar-refractivity contribution is 7.89. The second-order valence-corrected chi connectivity index (χ2v) is 12.0. The molecule has 35 heavy (non-hydrogen) atoms. The normalized spacial score (nSPS) is 17.8. The van der Waals surface area contributed by atoms with Crippen LogP contribution in [-0.2, 0) is 26.2 Å². The summed E-state index contributed by atoms with van der Waals surface area (Å²) in [7, 11) is -3.87. The number of piperidine rings is 1. The first kappa shape index (κ1) is 26.4. The third-order valence-electron chi connectivity index (χ3n) is 6.13. The van der Waals surface area contributed by atoms with Crippen molar-refractivity contribution in [2.75, 3.05) is 18.4 Å². The summed E-state index contributed by atoms with van der Waals surface area (Å²) in [4.78, 5) is 24.3. The Morgan fingerprint density at radius 3 is 2.29 bits per heavy atom. The van der Waals surface area contributed by atoms with E-state index in [0.717, 1.165) is 5.56 Å². The van der Waals surface area contributed by atoms with Crippen LogP contribution in [0, 0.1) is 10.8 Å². The van der Waals surface area contributed by atoms with Crippen LogP contribution >= 0.6 is 0 Å². The molecule has 2 aromatic rings. The van der Waals surface area contributed by atoms with Gasteiger partial charge in [0.15, 0.2) is 0 Å². The SMILES string of the molecule is C=CC(=O)NC1C(C)(C)CN(S(=O)(=O)c2cccc(NC(=O)OCc3ccccc3)c2)CC1(C)C. The highest BCUT2D eigenvalue weighted by Gasteiger charge is 2.50. The highest BCUT2D eigenvalue weighted by Crippen LogP contribution is 2.42. The van der Waals surface area contributed by atoms with Gasteiger partial charge in [-0.15, -0.1) is 0 Å². The first-order chi connectivity index (χ1) is 16.3. The van der Waals surface area contributed by atoms with E-state index < -0.39 is 26.9 Å². The van der Waals surface area contributed by atoms with E-state index in [1.807, 2.05) is 58.0 Å². The highest BCUT2D eigenvalue weighted by atomic mass is 32.2. The van der Waals surface area contributed by atoms with Gasteiger partial charge < -0.3 is 10.1 Å². The summed E-state index contributed by atoms with van der Waals surface area (Å²) in [5.41, 5.74) is 0.0857. The second kappa shape index (κ2) is 10.2. The number of hydrogen-bond acceptors (Lipinski definition) is 5. The van der Waals surface area contributed by atoms with Crippen molar-refractivity contribution in [2.24, 2.45) is 10.8 Å². The van der Waals surface area contributed by atoms with Crippen molar-refractivity contribution in [3.05, 3.63) is 72.8 Å². The second-order valence-electron chi connectivity index (χ2n) is 10.1. The Balaban J connectivity index is 1.75. The number of anilines is 1. The molecule has 0 aliphatic carbocycles. The first-order valence-electron chi connectivity index (χ1n) is 11.4. The van der Waals surface area contributed by atoms with Crippen molar-refractivity contribution >= 4 is 27.7 Å². The molecule has 0 radical (unpaired) electrons. The maximum atomic E-state index is 13.6. The Bertz CT molecular complexity index is 1170. The molecular weight excluding hydrogens is 466 g/mol. The fourth-order valence-electron chi connectivity index (χ4n) is 4.73. The number of carbonyl (C=O) groups excluding carboxylic acids is 2. The van der Waals surface area contributed by atoms with Gasteiger partial charge in [-0.1, -0.05) is 70.7 Å². The van der Waals surface area contributed by atoms with Crippen LogP contribution in [0.25, 0.3) is 0 Å². The number of ether oxygens (including phenoxy) is 1. The smallest absolute Gasteiger partial charge is 0.411 e. The maximum absolute atomic E-state index is 13.6. The summed E-state index contributed by atoms with van der Waals surface area (Å²) >= 11 is 0. The van der Waals surface area contributed by atoms with Crippen LogP contribution in [0.2, 0.25) is 0 Å². The zero-order valence-corrected chi connectivity index (χ0v) is 21.4. The van der Waals surface area contributed by atoms with Gasteiger partial charge in [-0.2, -0.15) is 4.31 Å². The number of amides is 2. The molecule has 0 spiro atoms. The number of hydrogen-bond donors (Lipinski definition) is 2. The molecule has 0 saturated carbocycles. The number of nitrogens with one attached hydrogen (secondary N) is 2. The lowest BCUT2D eigenvalue weighted by Crippen LogP contribution is -2.64. The topological polar surface area (TPSA) is 105 Å². The van der Waals surface area contributed by atoms with Crippen molar-refractivity contribution in [3.63, 3.8) is 0 Å². The van der Waals surface area contributed by atoms with Gasteiger partial charge in [-0.25, -0.2) is 13.2 Å². The van der Waals surface area contributed by atoms with Gasteiger partial charge in [0.25, 0.3) is 0 Å². The zero-order valence-electron chi connectivity index (χ0n) is 20.6. The zero-order chi connectivity index (χ0) is 25.9. The van der Waals surface area contributed by atoms with E-state index in [1.165, 1.54) is 22.5 Å². The molecule has 188 valence electrons. The minimum Gasteiger partial charge on any atom is -0.444 e. The summed E-state index contributed by atoms with van der Waals surface area (Å²) in [5.74, 6) is -0.287. The Labute approximate surface area is 207 Å². The minimum atomic E-state index is -3.87. The predicted octanol–water partition coefficient (Wildman–Crippen LogP) is 4.16. The molecule has 3 rings (SSSR count). The molecule has 0 atom stereocenters. The molecule has 1 saturated heterocycles. The molecule has 8 nitrogen and oxygen atoms in total. The quantitative estimate of drug-likeness (QED) is 0.557. The molecule has 0 bridgehead atoms. The van der Waals surface area contributed by atoms with Crippen molar-refractivity contribution in [1.29, 1.82) is 0 Å². The number of sulfonamides is 1. The largest absolute Gasteiger partial charge is 0.444 e. The molecule has 2 N–H and O–H groups in total. The van der Waals surface area contributed by atoms with E-state index in [2.05, 4.69) is 17.2 Å². The molecule has 0 unspecified atom stereocenters. The first-order valence-corrected chi connectivity index (χ1v) is 12.8. The average Bonchev–Trinajstić information content (AvgIpc) is 2.80. The van der Waals surface area contributed by atoms with Crippen molar-refractivity contribution in [2.45, 2.75) is 45.2 Å². The molecule has 0 aromatic heterocycles. The van der Waals surface area contributed by atoms with Crippen molar-refractivity contribution < 1.29 is 22.7 Å². The number of rotatable bonds is 7. The molecule has 1 fully saturated rings. The summed E-state index contributed by atoms with van der Waals surface area (Å²) < 4.78 is 33.8. The molecule has 1 heterocycles. The molecule has 1 aliphatic rings. The van der Waals surface area contributed by atoms with Crippen LogP contribution in [0.4, 0.5) is 10.5 Å². The standard InChI is InChI=1S/C26H33N3O5S/c1-6-22(30)28-23-25(2,3)17-29(18-26(23,4)5)35(32,33)21-14-10-13-20(15-21)27-24(31)34-16-19-11-8-7-9-12-19/h6-15,23H,1,16-18H2,2-5H3,(H,27,31)(H,28,30). The maximum Gasteiger partial charge on any atom is 0.411 e. The number of nitrogens with zero attached hydrogens (tertiary/aromatic N) is 1. The molecular formula is C26H33N3O5S. The summed E-state index contributed by atoms with van der Waals surface area (Å²) in [6, 6.07) is 15.1. The lowest BCUT2D eigenvalue weighted by atomic mass is 9.67. The van der Waals surface area contributed by atoms with Crippen LogP contribution in [0.15, 0.2) is 72.1 Å². The minimum absolute atomic E-state index is 0.0681. The fourth-order valence-corrected chi connectivity index (χ4v) is 6.56. The van der Waals surface area contributed by atoms with E-state index in [4.69, 9.17) is 4.74 Å². The Morgan fingerprint density at radius 2 is 1.69 bits per heavy atom. The van der Waals surface area contributed by atoms with Gasteiger partial charge in [-0.3, -0.25) is 10.1 Å². The van der Waals surface area contributed by atoms with Gasteiger partial charge in [-0.05, 0) is 40.7 Å².